The van der Waals surface area contributed by atoms with Crippen molar-refractivity contribution in [2.75, 3.05) is 40.3 Å². The topological polar surface area (TPSA) is 52.7 Å². The van der Waals surface area contributed by atoms with Gasteiger partial charge < -0.3 is 5.32 Å². The molecular weight excluding hydrogens is 238 g/mol. The highest BCUT2D eigenvalue weighted by atomic mass is 35.5. The predicted molar refractivity (Wildman–Crippen MR) is 63.5 cm³/mol. The molecule has 0 bridgehead atoms. The Morgan fingerprint density at radius 3 is 2.33 bits per heavy atom. The van der Waals surface area contributed by atoms with Crippen LogP contribution in [0.2, 0.25) is 0 Å². The molecule has 0 aromatic heterocycles. The molecule has 0 aromatic carbocycles. The van der Waals surface area contributed by atoms with Gasteiger partial charge in [0.1, 0.15) is 0 Å². The summed E-state index contributed by atoms with van der Waals surface area (Å²) in [6.07, 6.45) is 1.97. The lowest BCUT2D eigenvalue weighted by Crippen LogP contribution is -2.42. The van der Waals surface area contributed by atoms with Crippen LogP contribution in [0.25, 0.3) is 0 Å². The van der Waals surface area contributed by atoms with Gasteiger partial charge in [-0.3, -0.25) is 0 Å². The van der Waals surface area contributed by atoms with Crippen LogP contribution >= 0.6 is 12.4 Å². The van der Waals surface area contributed by atoms with Crippen molar-refractivity contribution in [1.82, 2.24) is 13.9 Å². The van der Waals surface area contributed by atoms with Gasteiger partial charge in [-0.05, 0) is 19.9 Å². The van der Waals surface area contributed by atoms with Gasteiger partial charge in [-0.25, -0.2) is 0 Å². The second kappa shape index (κ2) is 6.65. The van der Waals surface area contributed by atoms with Gasteiger partial charge in [0.2, 0.25) is 0 Å². The van der Waals surface area contributed by atoms with Crippen molar-refractivity contribution in [3.8, 4) is 0 Å². The van der Waals surface area contributed by atoms with Crippen molar-refractivity contribution in [2.24, 2.45) is 0 Å². The number of halogens is 1. The van der Waals surface area contributed by atoms with Gasteiger partial charge in [-0.2, -0.15) is 17.0 Å². The van der Waals surface area contributed by atoms with Crippen LogP contribution in [-0.2, 0) is 10.2 Å². The summed E-state index contributed by atoms with van der Waals surface area (Å²) >= 11 is 0. The summed E-state index contributed by atoms with van der Waals surface area (Å²) in [4.78, 5) is 0. The van der Waals surface area contributed by atoms with Gasteiger partial charge in [-0.15, -0.1) is 12.4 Å². The lowest BCUT2D eigenvalue weighted by molar-refractivity contribution is 0.394. The molecule has 1 aliphatic heterocycles. The van der Waals surface area contributed by atoms with Crippen LogP contribution < -0.4 is 5.32 Å². The molecule has 1 saturated heterocycles. The molecule has 1 aliphatic rings. The minimum absolute atomic E-state index is 0. The van der Waals surface area contributed by atoms with Gasteiger partial charge in [0.25, 0.3) is 10.2 Å². The third-order valence-corrected chi connectivity index (χ3v) is 4.45. The first-order valence-electron chi connectivity index (χ1n) is 4.95. The summed E-state index contributed by atoms with van der Waals surface area (Å²) in [5.74, 6) is 0. The average Bonchev–Trinajstić information content (AvgIpc) is 2.67. The number of nitrogens with one attached hydrogen (secondary N) is 1. The molecule has 92 valence electrons. The van der Waals surface area contributed by atoms with E-state index in [0.717, 1.165) is 12.8 Å². The quantitative estimate of drug-likeness (QED) is 0.749. The second-order valence-corrected chi connectivity index (χ2v) is 5.57. The largest absolute Gasteiger partial charge is 0.318 e. The van der Waals surface area contributed by atoms with Gasteiger partial charge >= 0.3 is 0 Å². The predicted octanol–water partition coefficient (Wildman–Crippen LogP) is -0.100. The van der Waals surface area contributed by atoms with E-state index in [2.05, 4.69) is 5.32 Å². The molecule has 0 amide bonds. The van der Waals surface area contributed by atoms with E-state index in [1.165, 1.54) is 4.31 Å². The molecule has 7 heteroatoms. The first kappa shape index (κ1) is 15.1. The monoisotopic (exact) mass is 257 g/mol. The SMILES string of the molecule is CNCCN(C)S(=O)(=O)N1CCCC1.Cl. The molecular formula is C8H20ClN3O2S. The van der Waals surface area contributed by atoms with E-state index < -0.39 is 10.2 Å². The number of hydrogen-bond acceptors (Lipinski definition) is 3. The Kier molecular flexibility index (Phi) is 6.70. The van der Waals surface area contributed by atoms with Crippen molar-refractivity contribution in [2.45, 2.75) is 12.8 Å². The van der Waals surface area contributed by atoms with Crippen LogP contribution in [0.1, 0.15) is 12.8 Å². The van der Waals surface area contributed by atoms with Crippen LogP contribution in [-0.4, -0.2) is 57.3 Å². The number of nitrogens with zero attached hydrogens (tertiary/aromatic N) is 2. The van der Waals surface area contributed by atoms with Crippen LogP contribution in [0.15, 0.2) is 0 Å². The maximum atomic E-state index is 11.9. The molecule has 1 rings (SSSR count). The van der Waals surface area contributed by atoms with Gasteiger partial charge in [0.15, 0.2) is 0 Å². The molecule has 0 atom stereocenters. The Hall–Kier alpha value is 0.120. The zero-order valence-corrected chi connectivity index (χ0v) is 10.9. The van der Waals surface area contributed by atoms with Crippen LogP contribution in [0.5, 0.6) is 0 Å². The standard InChI is InChI=1S/C8H19N3O2S.ClH/c1-9-5-8-10(2)14(12,13)11-6-3-4-7-11;/h9H,3-8H2,1-2H3;1H. The minimum Gasteiger partial charge on any atom is -0.318 e. The smallest absolute Gasteiger partial charge is 0.281 e. The average molecular weight is 258 g/mol. The number of rotatable bonds is 5. The van der Waals surface area contributed by atoms with Crippen molar-refractivity contribution in [1.29, 1.82) is 0 Å². The fraction of sp³-hybridized carbons (Fsp3) is 1.00. The lowest BCUT2D eigenvalue weighted by Gasteiger charge is -2.23. The van der Waals surface area contributed by atoms with Crippen LogP contribution in [0, 0.1) is 0 Å². The Labute approximate surface area is 98.4 Å². The summed E-state index contributed by atoms with van der Waals surface area (Å²) in [6, 6.07) is 0. The van der Waals surface area contributed by atoms with E-state index in [-0.39, 0.29) is 12.4 Å². The molecule has 1 N–H and O–H groups in total. The van der Waals surface area contributed by atoms with E-state index in [1.807, 2.05) is 7.05 Å². The highest BCUT2D eigenvalue weighted by molar-refractivity contribution is 7.86. The van der Waals surface area contributed by atoms with Gasteiger partial charge in [0, 0.05) is 33.2 Å². The maximum Gasteiger partial charge on any atom is 0.281 e. The molecule has 1 heterocycles. The molecule has 0 radical (unpaired) electrons. The summed E-state index contributed by atoms with van der Waals surface area (Å²) in [5, 5.41) is 2.94. The molecule has 1 fully saturated rings. The lowest BCUT2D eigenvalue weighted by atomic mass is 10.4. The Morgan fingerprint density at radius 1 is 1.33 bits per heavy atom. The third-order valence-electron chi connectivity index (χ3n) is 2.46. The van der Waals surface area contributed by atoms with Crippen molar-refractivity contribution in [3.63, 3.8) is 0 Å². The molecule has 0 aromatic rings. The van der Waals surface area contributed by atoms with E-state index >= 15 is 0 Å². The molecule has 0 spiro atoms. The van der Waals surface area contributed by atoms with Crippen LogP contribution in [0.4, 0.5) is 0 Å². The summed E-state index contributed by atoms with van der Waals surface area (Å²) in [6.45, 7) is 2.55. The highest BCUT2D eigenvalue weighted by Gasteiger charge is 2.28. The van der Waals surface area contributed by atoms with Crippen molar-refractivity contribution in [3.05, 3.63) is 0 Å². The number of likely N-dealkylation sites (N-methyl/N-ethyl adjacent to an activating group) is 2. The van der Waals surface area contributed by atoms with E-state index in [4.69, 9.17) is 0 Å². The van der Waals surface area contributed by atoms with E-state index in [1.54, 1.807) is 11.4 Å². The molecule has 0 unspecified atom stereocenters. The Bertz CT molecular complexity index is 265. The maximum absolute atomic E-state index is 11.9. The second-order valence-electron chi connectivity index (χ2n) is 3.54. The Balaban J connectivity index is 0.00000196. The van der Waals surface area contributed by atoms with Crippen molar-refractivity contribution < 1.29 is 8.42 Å². The Morgan fingerprint density at radius 2 is 1.87 bits per heavy atom. The summed E-state index contributed by atoms with van der Waals surface area (Å²) in [7, 11) is 0.261. The molecule has 0 aliphatic carbocycles. The fourth-order valence-electron chi connectivity index (χ4n) is 1.50. The summed E-state index contributed by atoms with van der Waals surface area (Å²) in [5.41, 5.74) is 0. The molecule has 15 heavy (non-hydrogen) atoms. The van der Waals surface area contributed by atoms with Gasteiger partial charge in [0.05, 0.1) is 0 Å². The third kappa shape index (κ3) is 3.88. The van der Waals surface area contributed by atoms with E-state index in [0.29, 0.717) is 26.2 Å². The highest BCUT2D eigenvalue weighted by Crippen LogP contribution is 2.14. The first-order chi connectivity index (χ1) is 6.59. The zero-order chi connectivity index (χ0) is 10.6. The molecule has 0 saturated carbocycles. The number of hydrogen-bond donors (Lipinski definition) is 1. The van der Waals surface area contributed by atoms with Gasteiger partial charge in [-0.1, -0.05) is 0 Å². The zero-order valence-electron chi connectivity index (χ0n) is 9.27. The minimum atomic E-state index is -3.18. The fourth-order valence-corrected chi connectivity index (χ4v) is 2.94. The van der Waals surface area contributed by atoms with E-state index in [9.17, 15) is 8.42 Å². The normalized spacial score (nSPS) is 18.1. The van der Waals surface area contributed by atoms with Crippen molar-refractivity contribution >= 4 is 22.6 Å². The first-order valence-corrected chi connectivity index (χ1v) is 6.34. The van der Waals surface area contributed by atoms with Crippen LogP contribution in [0.3, 0.4) is 0 Å². The summed E-state index contributed by atoms with van der Waals surface area (Å²) < 4.78 is 26.7. The molecule has 5 nitrogen and oxygen atoms in total.